The number of hydrogen-bond donors (Lipinski definition) is 2. The minimum atomic E-state index is -0.00548. The Balaban J connectivity index is 1.39. The molecule has 3 rings (SSSR count). The highest BCUT2D eigenvalue weighted by atomic mass is 16.5. The third-order valence-corrected chi connectivity index (χ3v) is 5.21. The molecule has 2 aromatic rings. The van der Waals surface area contributed by atoms with Crippen molar-refractivity contribution in [2.75, 3.05) is 35.2 Å². The smallest absolute Gasteiger partial charge is 0.226 e. The van der Waals surface area contributed by atoms with E-state index in [1.807, 2.05) is 38.1 Å². The minimum Gasteiger partial charge on any atom is -0.491 e. The quantitative estimate of drug-likeness (QED) is 0.649. The average molecular weight is 396 g/mol. The minimum absolute atomic E-state index is 0.00548. The Morgan fingerprint density at radius 2 is 1.66 bits per heavy atom. The highest BCUT2D eigenvalue weighted by molar-refractivity contribution is 5.91. The molecule has 1 fully saturated rings. The molecule has 0 bridgehead atoms. The summed E-state index contributed by atoms with van der Waals surface area (Å²) in [7, 11) is 0. The second kappa shape index (κ2) is 10.2. The SMILES string of the molecule is CC1CCN(c2ccc(NCCC(=O)Nc3ccc(OC(C)C)cc3)cc2)CC1. The largest absolute Gasteiger partial charge is 0.491 e. The standard InChI is InChI=1S/C24H33N3O2/c1-18(2)29-23-10-6-21(7-11-23)26-24(28)12-15-25-20-4-8-22(9-5-20)27-16-13-19(3)14-17-27/h4-11,18-19,25H,12-17H2,1-3H3,(H,26,28). The van der Waals surface area contributed by atoms with Crippen molar-refractivity contribution in [2.24, 2.45) is 5.92 Å². The first-order chi connectivity index (χ1) is 14.0. The topological polar surface area (TPSA) is 53.6 Å². The Bertz CT molecular complexity index is 764. The number of nitrogens with one attached hydrogen (secondary N) is 2. The number of benzene rings is 2. The molecule has 1 amide bonds. The first kappa shape index (κ1) is 21.0. The maximum absolute atomic E-state index is 12.2. The van der Waals surface area contributed by atoms with E-state index in [-0.39, 0.29) is 12.0 Å². The molecule has 0 unspecified atom stereocenters. The van der Waals surface area contributed by atoms with Crippen LogP contribution in [0.2, 0.25) is 0 Å². The molecule has 0 aromatic heterocycles. The normalized spacial score (nSPS) is 14.7. The fourth-order valence-corrected chi connectivity index (χ4v) is 3.49. The summed E-state index contributed by atoms with van der Waals surface area (Å²) < 4.78 is 5.61. The third kappa shape index (κ3) is 6.70. The number of carbonyl (C=O) groups is 1. The van der Waals surface area contributed by atoms with E-state index in [0.29, 0.717) is 13.0 Å². The van der Waals surface area contributed by atoms with E-state index in [0.717, 1.165) is 36.1 Å². The van der Waals surface area contributed by atoms with Crippen molar-refractivity contribution >= 4 is 23.0 Å². The fourth-order valence-electron chi connectivity index (χ4n) is 3.49. The van der Waals surface area contributed by atoms with Gasteiger partial charge in [-0.1, -0.05) is 6.92 Å². The zero-order valence-electron chi connectivity index (χ0n) is 17.8. The fraction of sp³-hybridized carbons (Fsp3) is 0.458. The first-order valence-electron chi connectivity index (χ1n) is 10.6. The maximum Gasteiger partial charge on any atom is 0.226 e. The van der Waals surface area contributed by atoms with Crippen molar-refractivity contribution in [3.63, 3.8) is 0 Å². The molecule has 5 nitrogen and oxygen atoms in total. The monoisotopic (exact) mass is 395 g/mol. The Labute approximate surface area is 174 Å². The van der Waals surface area contributed by atoms with Crippen LogP contribution in [0.4, 0.5) is 17.1 Å². The van der Waals surface area contributed by atoms with E-state index in [4.69, 9.17) is 4.74 Å². The van der Waals surface area contributed by atoms with Gasteiger partial charge in [0.25, 0.3) is 0 Å². The van der Waals surface area contributed by atoms with E-state index >= 15 is 0 Å². The molecule has 0 spiro atoms. The number of ether oxygens (including phenoxy) is 1. The van der Waals surface area contributed by atoms with Crippen LogP contribution in [-0.4, -0.2) is 31.6 Å². The number of piperidine rings is 1. The molecule has 2 aromatic carbocycles. The molecule has 29 heavy (non-hydrogen) atoms. The molecule has 5 heteroatoms. The van der Waals surface area contributed by atoms with Crippen LogP contribution < -0.4 is 20.3 Å². The van der Waals surface area contributed by atoms with Crippen LogP contribution in [0.25, 0.3) is 0 Å². The summed E-state index contributed by atoms with van der Waals surface area (Å²) in [6.45, 7) is 9.18. The number of hydrogen-bond acceptors (Lipinski definition) is 4. The summed E-state index contributed by atoms with van der Waals surface area (Å²) in [6.07, 6.45) is 3.08. The zero-order chi connectivity index (χ0) is 20.6. The molecule has 1 saturated heterocycles. The molecule has 1 aliphatic heterocycles. The average Bonchev–Trinajstić information content (AvgIpc) is 2.70. The molecular formula is C24H33N3O2. The van der Waals surface area contributed by atoms with Crippen LogP contribution in [0, 0.1) is 5.92 Å². The second-order valence-electron chi connectivity index (χ2n) is 8.13. The van der Waals surface area contributed by atoms with Crippen LogP contribution >= 0.6 is 0 Å². The Morgan fingerprint density at radius 3 is 2.28 bits per heavy atom. The van der Waals surface area contributed by atoms with Gasteiger partial charge in [0.15, 0.2) is 0 Å². The highest BCUT2D eigenvalue weighted by Crippen LogP contribution is 2.24. The van der Waals surface area contributed by atoms with Gasteiger partial charge in [0.1, 0.15) is 5.75 Å². The summed E-state index contributed by atoms with van der Waals surface area (Å²) in [5, 5.41) is 6.25. The summed E-state index contributed by atoms with van der Waals surface area (Å²) in [4.78, 5) is 14.6. The number of carbonyl (C=O) groups excluding carboxylic acids is 1. The van der Waals surface area contributed by atoms with Crippen LogP contribution in [0.3, 0.4) is 0 Å². The predicted octanol–water partition coefficient (Wildman–Crippen LogP) is 5.15. The van der Waals surface area contributed by atoms with Gasteiger partial charge in [-0.05, 0) is 81.1 Å². The van der Waals surface area contributed by atoms with Gasteiger partial charge < -0.3 is 20.3 Å². The Hall–Kier alpha value is -2.69. The van der Waals surface area contributed by atoms with Crippen LogP contribution in [0.5, 0.6) is 5.75 Å². The highest BCUT2D eigenvalue weighted by Gasteiger charge is 2.15. The first-order valence-corrected chi connectivity index (χ1v) is 10.6. The number of nitrogens with zero attached hydrogens (tertiary/aromatic N) is 1. The van der Waals surface area contributed by atoms with Crippen molar-refractivity contribution in [3.05, 3.63) is 48.5 Å². The Kier molecular flexibility index (Phi) is 7.39. The van der Waals surface area contributed by atoms with Crippen LogP contribution in [0.15, 0.2) is 48.5 Å². The van der Waals surface area contributed by atoms with Gasteiger partial charge in [0, 0.05) is 43.1 Å². The Morgan fingerprint density at radius 1 is 1.03 bits per heavy atom. The lowest BCUT2D eigenvalue weighted by Crippen LogP contribution is -2.32. The molecule has 1 heterocycles. The molecule has 1 aliphatic rings. The van der Waals surface area contributed by atoms with Crippen molar-refractivity contribution in [1.29, 1.82) is 0 Å². The van der Waals surface area contributed by atoms with Crippen molar-refractivity contribution in [2.45, 2.75) is 46.1 Å². The summed E-state index contributed by atoms with van der Waals surface area (Å²) >= 11 is 0. The number of amides is 1. The summed E-state index contributed by atoms with van der Waals surface area (Å²) in [6, 6.07) is 16.0. The van der Waals surface area contributed by atoms with Gasteiger partial charge in [0.05, 0.1) is 6.10 Å². The van der Waals surface area contributed by atoms with E-state index in [2.05, 4.69) is 46.7 Å². The van der Waals surface area contributed by atoms with Gasteiger partial charge in [-0.25, -0.2) is 0 Å². The maximum atomic E-state index is 12.2. The summed E-state index contributed by atoms with van der Waals surface area (Å²) in [5.74, 6) is 1.64. The van der Waals surface area contributed by atoms with Crippen molar-refractivity contribution in [3.8, 4) is 5.75 Å². The van der Waals surface area contributed by atoms with Crippen LogP contribution in [-0.2, 0) is 4.79 Å². The molecular weight excluding hydrogens is 362 g/mol. The molecule has 2 N–H and O–H groups in total. The molecule has 0 radical (unpaired) electrons. The number of rotatable bonds is 8. The lowest BCUT2D eigenvalue weighted by Gasteiger charge is -2.32. The van der Waals surface area contributed by atoms with Crippen molar-refractivity contribution in [1.82, 2.24) is 0 Å². The van der Waals surface area contributed by atoms with E-state index in [1.165, 1.54) is 18.5 Å². The van der Waals surface area contributed by atoms with Gasteiger partial charge in [0.2, 0.25) is 5.91 Å². The van der Waals surface area contributed by atoms with Gasteiger partial charge in [-0.15, -0.1) is 0 Å². The number of anilines is 3. The van der Waals surface area contributed by atoms with Gasteiger partial charge in [-0.2, -0.15) is 0 Å². The van der Waals surface area contributed by atoms with E-state index < -0.39 is 0 Å². The van der Waals surface area contributed by atoms with Gasteiger partial charge in [-0.3, -0.25) is 4.79 Å². The lowest BCUT2D eigenvalue weighted by atomic mass is 9.99. The lowest BCUT2D eigenvalue weighted by molar-refractivity contribution is -0.115. The second-order valence-corrected chi connectivity index (χ2v) is 8.13. The van der Waals surface area contributed by atoms with Gasteiger partial charge >= 0.3 is 0 Å². The molecule has 0 aliphatic carbocycles. The summed E-state index contributed by atoms with van der Waals surface area (Å²) in [5.41, 5.74) is 3.11. The van der Waals surface area contributed by atoms with E-state index in [1.54, 1.807) is 0 Å². The zero-order valence-corrected chi connectivity index (χ0v) is 17.8. The molecule has 0 saturated carbocycles. The predicted molar refractivity (Wildman–Crippen MR) is 121 cm³/mol. The van der Waals surface area contributed by atoms with E-state index in [9.17, 15) is 4.79 Å². The molecule has 156 valence electrons. The van der Waals surface area contributed by atoms with Crippen LogP contribution in [0.1, 0.15) is 40.0 Å². The molecule has 0 atom stereocenters. The third-order valence-electron chi connectivity index (χ3n) is 5.21. The van der Waals surface area contributed by atoms with Crippen molar-refractivity contribution < 1.29 is 9.53 Å².